The van der Waals surface area contributed by atoms with Crippen molar-refractivity contribution in [3.8, 4) is 5.75 Å². The topological polar surface area (TPSA) is 21.3 Å². The van der Waals surface area contributed by atoms with E-state index in [4.69, 9.17) is 4.74 Å². The van der Waals surface area contributed by atoms with Gasteiger partial charge in [0.05, 0.1) is 7.11 Å². The SMILES string of the molecule is CCC(N[C@@H](C)c1ccccc1Br)c1ccccc1OC. The van der Waals surface area contributed by atoms with Crippen LogP contribution in [0.2, 0.25) is 0 Å². The molecular weight excluding hydrogens is 326 g/mol. The van der Waals surface area contributed by atoms with Gasteiger partial charge in [-0.2, -0.15) is 0 Å². The van der Waals surface area contributed by atoms with E-state index in [0.717, 1.165) is 16.6 Å². The molecule has 1 N–H and O–H groups in total. The minimum absolute atomic E-state index is 0.260. The number of para-hydroxylation sites is 1. The lowest BCUT2D eigenvalue weighted by Crippen LogP contribution is -2.24. The van der Waals surface area contributed by atoms with Crippen molar-refractivity contribution < 1.29 is 4.74 Å². The predicted molar refractivity (Wildman–Crippen MR) is 91.7 cm³/mol. The molecule has 2 rings (SSSR count). The van der Waals surface area contributed by atoms with Crippen molar-refractivity contribution in [3.05, 3.63) is 64.1 Å². The fourth-order valence-electron chi connectivity index (χ4n) is 2.60. The van der Waals surface area contributed by atoms with Gasteiger partial charge in [0.1, 0.15) is 5.75 Å². The third-order valence-corrected chi connectivity index (χ3v) is 4.47. The summed E-state index contributed by atoms with van der Waals surface area (Å²) in [5, 5.41) is 3.70. The van der Waals surface area contributed by atoms with Crippen molar-refractivity contribution in [2.45, 2.75) is 32.4 Å². The Kier molecular flexibility index (Phi) is 5.83. The van der Waals surface area contributed by atoms with Crippen LogP contribution in [-0.4, -0.2) is 7.11 Å². The van der Waals surface area contributed by atoms with Crippen molar-refractivity contribution in [1.82, 2.24) is 5.32 Å². The van der Waals surface area contributed by atoms with Gasteiger partial charge in [0.15, 0.2) is 0 Å². The van der Waals surface area contributed by atoms with E-state index in [0.29, 0.717) is 0 Å². The summed E-state index contributed by atoms with van der Waals surface area (Å²) in [7, 11) is 1.72. The highest BCUT2D eigenvalue weighted by Gasteiger charge is 2.18. The maximum absolute atomic E-state index is 5.49. The Hall–Kier alpha value is -1.32. The van der Waals surface area contributed by atoms with E-state index < -0.39 is 0 Å². The zero-order chi connectivity index (χ0) is 15.2. The third kappa shape index (κ3) is 3.86. The summed E-state index contributed by atoms with van der Waals surface area (Å²) in [4.78, 5) is 0. The van der Waals surface area contributed by atoms with Crippen molar-refractivity contribution in [2.75, 3.05) is 7.11 Å². The van der Waals surface area contributed by atoms with Gasteiger partial charge in [-0.1, -0.05) is 59.3 Å². The summed E-state index contributed by atoms with van der Waals surface area (Å²) in [5.74, 6) is 0.941. The van der Waals surface area contributed by atoms with Crippen LogP contribution in [0.4, 0.5) is 0 Å². The largest absolute Gasteiger partial charge is 0.496 e. The maximum Gasteiger partial charge on any atom is 0.123 e. The summed E-state index contributed by atoms with van der Waals surface area (Å²) in [5.41, 5.74) is 2.48. The number of nitrogens with one attached hydrogen (secondary N) is 1. The smallest absolute Gasteiger partial charge is 0.123 e. The Morgan fingerprint density at radius 3 is 2.29 bits per heavy atom. The lowest BCUT2D eigenvalue weighted by molar-refractivity contribution is 0.388. The number of halogens is 1. The van der Waals surface area contributed by atoms with E-state index in [-0.39, 0.29) is 12.1 Å². The van der Waals surface area contributed by atoms with Gasteiger partial charge in [-0.25, -0.2) is 0 Å². The average Bonchev–Trinajstić information content (AvgIpc) is 2.52. The van der Waals surface area contributed by atoms with E-state index in [9.17, 15) is 0 Å². The quantitative estimate of drug-likeness (QED) is 0.769. The van der Waals surface area contributed by atoms with Crippen LogP contribution >= 0.6 is 15.9 Å². The maximum atomic E-state index is 5.49. The molecule has 2 aromatic carbocycles. The summed E-state index contributed by atoms with van der Waals surface area (Å²) >= 11 is 3.63. The van der Waals surface area contributed by atoms with Crippen LogP contribution < -0.4 is 10.1 Å². The van der Waals surface area contributed by atoms with Gasteiger partial charge in [0.25, 0.3) is 0 Å². The van der Waals surface area contributed by atoms with Gasteiger partial charge in [0.2, 0.25) is 0 Å². The zero-order valence-electron chi connectivity index (χ0n) is 12.8. The Morgan fingerprint density at radius 2 is 1.67 bits per heavy atom. The van der Waals surface area contributed by atoms with Gasteiger partial charge in [-0.15, -0.1) is 0 Å². The zero-order valence-corrected chi connectivity index (χ0v) is 14.4. The van der Waals surface area contributed by atoms with Crippen LogP contribution in [0.15, 0.2) is 53.0 Å². The molecule has 3 heteroatoms. The lowest BCUT2D eigenvalue weighted by Gasteiger charge is -2.25. The summed E-state index contributed by atoms with van der Waals surface area (Å²) in [6, 6.07) is 17.1. The molecule has 112 valence electrons. The Bertz CT molecular complexity index is 585. The molecule has 0 aliphatic carbocycles. The summed E-state index contributed by atoms with van der Waals surface area (Å²) < 4.78 is 6.63. The van der Waals surface area contributed by atoms with E-state index in [2.05, 4.69) is 65.4 Å². The number of ether oxygens (including phenoxy) is 1. The first kappa shape index (κ1) is 16.1. The number of methoxy groups -OCH3 is 1. The fourth-order valence-corrected chi connectivity index (χ4v) is 3.23. The first-order valence-corrected chi connectivity index (χ1v) is 8.10. The van der Waals surface area contributed by atoms with Crippen molar-refractivity contribution >= 4 is 15.9 Å². The number of hydrogen-bond donors (Lipinski definition) is 1. The molecule has 0 radical (unpaired) electrons. The molecule has 0 aliphatic rings. The minimum Gasteiger partial charge on any atom is -0.496 e. The van der Waals surface area contributed by atoms with Crippen LogP contribution in [0.1, 0.15) is 43.5 Å². The minimum atomic E-state index is 0.260. The normalized spacial score (nSPS) is 13.7. The molecule has 0 amide bonds. The number of hydrogen-bond acceptors (Lipinski definition) is 2. The molecule has 2 aromatic rings. The second-order valence-corrected chi connectivity index (χ2v) is 5.97. The molecular formula is C18H22BrNO. The van der Waals surface area contributed by atoms with Gasteiger partial charge >= 0.3 is 0 Å². The van der Waals surface area contributed by atoms with Gasteiger partial charge in [-0.3, -0.25) is 0 Å². The van der Waals surface area contributed by atoms with Crippen LogP contribution in [0.25, 0.3) is 0 Å². The molecule has 0 heterocycles. The molecule has 0 saturated carbocycles. The monoisotopic (exact) mass is 347 g/mol. The average molecular weight is 348 g/mol. The first-order valence-electron chi connectivity index (χ1n) is 7.30. The molecule has 2 nitrogen and oxygen atoms in total. The molecule has 0 aliphatic heterocycles. The van der Waals surface area contributed by atoms with E-state index in [1.54, 1.807) is 7.11 Å². The molecule has 0 bridgehead atoms. The second kappa shape index (κ2) is 7.62. The highest BCUT2D eigenvalue weighted by atomic mass is 79.9. The van der Waals surface area contributed by atoms with Crippen LogP contribution in [0, 0.1) is 0 Å². The standard InChI is InChI=1S/C18H22BrNO/c1-4-17(15-10-6-8-12-18(15)21-3)20-13(2)14-9-5-7-11-16(14)19/h5-13,17,20H,4H2,1-3H3/t13-,17?/m0/s1. The highest BCUT2D eigenvalue weighted by molar-refractivity contribution is 9.10. The predicted octanol–water partition coefficient (Wildman–Crippen LogP) is 5.26. The van der Waals surface area contributed by atoms with Crippen molar-refractivity contribution in [2.24, 2.45) is 0 Å². The summed E-state index contributed by atoms with van der Waals surface area (Å²) in [6.45, 7) is 4.38. The fraction of sp³-hybridized carbons (Fsp3) is 0.333. The highest BCUT2D eigenvalue weighted by Crippen LogP contribution is 2.30. The van der Waals surface area contributed by atoms with Crippen LogP contribution in [0.5, 0.6) is 5.75 Å². The van der Waals surface area contributed by atoms with Crippen LogP contribution in [-0.2, 0) is 0 Å². The van der Waals surface area contributed by atoms with E-state index in [1.807, 2.05) is 18.2 Å². The van der Waals surface area contributed by atoms with Gasteiger partial charge < -0.3 is 10.1 Å². The van der Waals surface area contributed by atoms with Gasteiger partial charge in [-0.05, 0) is 31.0 Å². The van der Waals surface area contributed by atoms with E-state index >= 15 is 0 Å². The van der Waals surface area contributed by atoms with Crippen molar-refractivity contribution in [1.29, 1.82) is 0 Å². The van der Waals surface area contributed by atoms with Crippen LogP contribution in [0.3, 0.4) is 0 Å². The molecule has 0 fully saturated rings. The molecule has 21 heavy (non-hydrogen) atoms. The summed E-state index contributed by atoms with van der Waals surface area (Å²) in [6.07, 6.45) is 1.01. The van der Waals surface area contributed by atoms with E-state index in [1.165, 1.54) is 11.1 Å². The molecule has 0 aromatic heterocycles. The van der Waals surface area contributed by atoms with Gasteiger partial charge in [0, 0.05) is 22.1 Å². The van der Waals surface area contributed by atoms with Crippen molar-refractivity contribution in [3.63, 3.8) is 0 Å². The molecule has 0 spiro atoms. The number of rotatable bonds is 6. The Morgan fingerprint density at radius 1 is 1.05 bits per heavy atom. The second-order valence-electron chi connectivity index (χ2n) is 5.11. The molecule has 0 saturated heterocycles. The Labute approximate surface area is 135 Å². The molecule has 2 atom stereocenters. The number of benzene rings is 2. The first-order chi connectivity index (χ1) is 10.2. The lowest BCUT2D eigenvalue weighted by atomic mass is 10.0. The Balaban J connectivity index is 2.21. The molecule has 1 unspecified atom stereocenters. The third-order valence-electron chi connectivity index (χ3n) is 3.75.